The van der Waals surface area contributed by atoms with Crippen LogP contribution in [0.5, 0.6) is 5.75 Å². The molecule has 0 radical (unpaired) electrons. The summed E-state index contributed by atoms with van der Waals surface area (Å²) in [6.45, 7) is 2.96. The predicted octanol–water partition coefficient (Wildman–Crippen LogP) is 2.82. The molecule has 2 aromatic carbocycles. The number of amides is 1. The molecule has 1 amide bonds. The van der Waals surface area contributed by atoms with Gasteiger partial charge in [0.05, 0.1) is 12.6 Å². The summed E-state index contributed by atoms with van der Waals surface area (Å²) in [7, 11) is 1.76. The maximum Gasteiger partial charge on any atom is 0.239 e. The van der Waals surface area contributed by atoms with E-state index in [4.69, 9.17) is 10.5 Å². The number of nitrogens with zero attached hydrogens (tertiary/aromatic N) is 1. The average molecular weight is 349 g/mol. The Kier molecular flexibility index (Phi) is 8.30. The van der Waals surface area contributed by atoms with Gasteiger partial charge in [-0.2, -0.15) is 0 Å². The quantitative estimate of drug-likeness (QED) is 0.837. The number of benzene rings is 2. The number of hydrogen-bond donors (Lipinski definition) is 1. The second-order valence-electron chi connectivity index (χ2n) is 5.67. The number of likely N-dealkylation sites (N-methyl/N-ethyl adjacent to an activating group) is 1. The maximum atomic E-state index is 12.3. The van der Waals surface area contributed by atoms with E-state index in [-0.39, 0.29) is 18.3 Å². The summed E-state index contributed by atoms with van der Waals surface area (Å²) < 4.78 is 5.72. The van der Waals surface area contributed by atoms with Crippen LogP contribution in [-0.4, -0.2) is 37.0 Å². The van der Waals surface area contributed by atoms with Gasteiger partial charge >= 0.3 is 0 Å². The van der Waals surface area contributed by atoms with E-state index in [1.807, 2.05) is 61.5 Å². The Morgan fingerprint density at radius 3 is 2.42 bits per heavy atom. The maximum absolute atomic E-state index is 12.3. The van der Waals surface area contributed by atoms with E-state index in [9.17, 15) is 4.79 Å². The Morgan fingerprint density at radius 1 is 1.12 bits per heavy atom. The van der Waals surface area contributed by atoms with Gasteiger partial charge < -0.3 is 15.4 Å². The van der Waals surface area contributed by atoms with Crippen molar-refractivity contribution in [2.75, 3.05) is 20.2 Å². The Balaban J connectivity index is 0.00000288. The zero-order chi connectivity index (χ0) is 16.7. The molecular weight excluding hydrogens is 324 g/mol. The van der Waals surface area contributed by atoms with Gasteiger partial charge in [0, 0.05) is 7.05 Å². The smallest absolute Gasteiger partial charge is 0.239 e. The standard InChI is InChI=1S/C19H24N2O2.ClH/c1-15-8-6-7-11-18(15)23-13-12-21(2)19(22)17(20)14-16-9-4-3-5-10-16;/h3-11,17H,12-14,20H2,1-2H3;1H/t17-;/m0./s1. The van der Waals surface area contributed by atoms with E-state index < -0.39 is 6.04 Å². The van der Waals surface area contributed by atoms with Gasteiger partial charge in [0.2, 0.25) is 5.91 Å². The van der Waals surface area contributed by atoms with Gasteiger partial charge in [-0.25, -0.2) is 0 Å². The van der Waals surface area contributed by atoms with E-state index in [0.717, 1.165) is 16.9 Å². The summed E-state index contributed by atoms with van der Waals surface area (Å²) >= 11 is 0. The van der Waals surface area contributed by atoms with Crippen molar-refractivity contribution in [1.82, 2.24) is 4.90 Å². The first kappa shape index (κ1) is 20.0. The van der Waals surface area contributed by atoms with E-state index in [2.05, 4.69) is 0 Å². The molecule has 2 rings (SSSR count). The number of ether oxygens (including phenoxy) is 1. The molecule has 0 fully saturated rings. The molecule has 1 atom stereocenters. The zero-order valence-corrected chi connectivity index (χ0v) is 15.0. The first-order valence-corrected chi connectivity index (χ1v) is 7.81. The summed E-state index contributed by atoms with van der Waals surface area (Å²) in [6.07, 6.45) is 0.544. The summed E-state index contributed by atoms with van der Waals surface area (Å²) in [5, 5.41) is 0. The van der Waals surface area contributed by atoms with Crippen LogP contribution in [0.1, 0.15) is 11.1 Å². The third-order valence-corrected chi connectivity index (χ3v) is 3.77. The molecule has 2 aromatic rings. The minimum atomic E-state index is -0.527. The van der Waals surface area contributed by atoms with Crippen molar-refractivity contribution < 1.29 is 9.53 Å². The number of halogens is 1. The van der Waals surface area contributed by atoms with Gasteiger partial charge in [0.15, 0.2) is 0 Å². The molecule has 0 aromatic heterocycles. The highest BCUT2D eigenvalue weighted by Gasteiger charge is 2.18. The minimum absolute atomic E-state index is 0. The number of carbonyl (C=O) groups excluding carboxylic acids is 1. The van der Waals surface area contributed by atoms with Gasteiger partial charge in [0.1, 0.15) is 12.4 Å². The number of nitrogens with two attached hydrogens (primary N) is 1. The average Bonchev–Trinajstić information content (AvgIpc) is 2.56. The Hall–Kier alpha value is -2.04. The molecule has 2 N–H and O–H groups in total. The fourth-order valence-electron chi connectivity index (χ4n) is 2.36. The van der Waals surface area contributed by atoms with Crippen molar-refractivity contribution in [3.63, 3.8) is 0 Å². The third-order valence-electron chi connectivity index (χ3n) is 3.77. The monoisotopic (exact) mass is 348 g/mol. The SMILES string of the molecule is Cc1ccccc1OCCN(C)C(=O)[C@@H](N)Cc1ccccc1.Cl. The Bertz CT molecular complexity index is 634. The number of rotatable bonds is 7. The fourth-order valence-corrected chi connectivity index (χ4v) is 2.36. The van der Waals surface area contributed by atoms with Crippen LogP contribution in [0.4, 0.5) is 0 Å². The molecule has 0 saturated carbocycles. The molecule has 0 aliphatic heterocycles. The lowest BCUT2D eigenvalue weighted by atomic mass is 10.1. The molecule has 0 heterocycles. The minimum Gasteiger partial charge on any atom is -0.491 e. The van der Waals surface area contributed by atoms with Crippen molar-refractivity contribution in [1.29, 1.82) is 0 Å². The molecule has 130 valence electrons. The van der Waals surface area contributed by atoms with Crippen LogP contribution < -0.4 is 10.5 Å². The van der Waals surface area contributed by atoms with Crippen molar-refractivity contribution in [2.24, 2.45) is 5.73 Å². The predicted molar refractivity (Wildman–Crippen MR) is 99.7 cm³/mol. The lowest BCUT2D eigenvalue weighted by molar-refractivity contribution is -0.131. The molecule has 0 saturated heterocycles. The van der Waals surface area contributed by atoms with E-state index >= 15 is 0 Å². The van der Waals surface area contributed by atoms with Crippen LogP contribution in [0.15, 0.2) is 54.6 Å². The summed E-state index contributed by atoms with van der Waals surface area (Å²) in [5.74, 6) is 0.782. The first-order valence-electron chi connectivity index (χ1n) is 7.81. The van der Waals surface area contributed by atoms with Crippen molar-refractivity contribution in [2.45, 2.75) is 19.4 Å². The van der Waals surface area contributed by atoms with E-state index in [1.165, 1.54) is 0 Å². The van der Waals surface area contributed by atoms with Crippen molar-refractivity contribution in [3.05, 3.63) is 65.7 Å². The number of carbonyl (C=O) groups is 1. The molecule has 0 unspecified atom stereocenters. The molecular formula is C19H25ClN2O2. The van der Waals surface area contributed by atoms with E-state index in [1.54, 1.807) is 11.9 Å². The van der Waals surface area contributed by atoms with Gasteiger partial charge in [-0.3, -0.25) is 4.79 Å². The number of hydrogen-bond acceptors (Lipinski definition) is 3. The summed E-state index contributed by atoms with van der Waals surface area (Å²) in [5.41, 5.74) is 8.18. The largest absolute Gasteiger partial charge is 0.491 e. The molecule has 0 aliphatic carbocycles. The van der Waals surface area contributed by atoms with E-state index in [0.29, 0.717) is 19.6 Å². The summed E-state index contributed by atoms with van der Waals surface area (Å²) in [6, 6.07) is 17.1. The fraction of sp³-hybridized carbons (Fsp3) is 0.316. The topological polar surface area (TPSA) is 55.6 Å². The van der Waals surface area contributed by atoms with Gasteiger partial charge in [-0.1, -0.05) is 48.5 Å². The lowest BCUT2D eigenvalue weighted by Gasteiger charge is -2.21. The first-order chi connectivity index (χ1) is 11.1. The van der Waals surface area contributed by atoms with Gasteiger partial charge in [-0.15, -0.1) is 12.4 Å². The second kappa shape index (κ2) is 9.96. The van der Waals surface area contributed by atoms with Crippen molar-refractivity contribution in [3.8, 4) is 5.75 Å². The Labute approximate surface area is 150 Å². The van der Waals surface area contributed by atoms with Crippen LogP contribution in [0, 0.1) is 6.92 Å². The van der Waals surface area contributed by atoms with Gasteiger partial charge in [-0.05, 0) is 30.5 Å². The molecule has 5 heteroatoms. The molecule has 0 spiro atoms. The molecule has 0 aliphatic rings. The zero-order valence-electron chi connectivity index (χ0n) is 14.1. The lowest BCUT2D eigenvalue weighted by Crippen LogP contribution is -2.44. The van der Waals surface area contributed by atoms with Crippen LogP contribution in [0.2, 0.25) is 0 Å². The Morgan fingerprint density at radius 2 is 1.75 bits per heavy atom. The van der Waals surface area contributed by atoms with Crippen LogP contribution in [0.25, 0.3) is 0 Å². The molecule has 4 nitrogen and oxygen atoms in total. The summed E-state index contributed by atoms with van der Waals surface area (Å²) in [4.78, 5) is 13.9. The normalized spacial score (nSPS) is 11.3. The van der Waals surface area contributed by atoms with Crippen LogP contribution in [0.3, 0.4) is 0 Å². The highest BCUT2D eigenvalue weighted by Crippen LogP contribution is 2.15. The highest BCUT2D eigenvalue weighted by molar-refractivity contribution is 5.85. The number of aryl methyl sites for hydroxylation is 1. The third kappa shape index (κ3) is 5.87. The second-order valence-corrected chi connectivity index (χ2v) is 5.67. The van der Waals surface area contributed by atoms with Crippen molar-refractivity contribution >= 4 is 18.3 Å². The highest BCUT2D eigenvalue weighted by atomic mass is 35.5. The molecule has 24 heavy (non-hydrogen) atoms. The van der Waals surface area contributed by atoms with Crippen LogP contribution >= 0.6 is 12.4 Å². The number of para-hydroxylation sites is 1. The van der Waals surface area contributed by atoms with Gasteiger partial charge in [0.25, 0.3) is 0 Å². The van der Waals surface area contributed by atoms with Crippen LogP contribution in [-0.2, 0) is 11.2 Å². The molecule has 0 bridgehead atoms.